The summed E-state index contributed by atoms with van der Waals surface area (Å²) in [4.78, 5) is 25.1. The van der Waals surface area contributed by atoms with Gasteiger partial charge in [0.2, 0.25) is 0 Å². The van der Waals surface area contributed by atoms with E-state index in [1.165, 1.54) is 8.61 Å². The smallest absolute Gasteiger partial charge is 0.282 e. The lowest BCUT2D eigenvalue weighted by molar-refractivity contribution is -0.134. The lowest BCUT2D eigenvalue weighted by atomic mass is 10.1. The Morgan fingerprint density at radius 3 is 2.14 bits per heavy atom. The number of aryl methyl sites for hydroxylation is 1. The number of ether oxygens (including phenoxy) is 1. The molecule has 0 saturated carbocycles. The van der Waals surface area contributed by atoms with Crippen molar-refractivity contribution in [2.75, 3.05) is 45.9 Å². The molecular formula is C20H31N3O5S. The molecule has 1 aromatic rings. The van der Waals surface area contributed by atoms with Gasteiger partial charge >= 0.3 is 0 Å². The molecule has 2 rings (SSSR count). The maximum Gasteiger partial charge on any atom is 0.282 e. The molecule has 29 heavy (non-hydrogen) atoms. The summed E-state index contributed by atoms with van der Waals surface area (Å²) in [6, 6.07) is 7.36. The molecule has 1 aliphatic rings. The second kappa shape index (κ2) is 10.7. The molecule has 1 aliphatic heterocycles. The summed E-state index contributed by atoms with van der Waals surface area (Å²) in [6.07, 6.45) is 1.20. The van der Waals surface area contributed by atoms with Crippen molar-refractivity contribution in [2.24, 2.45) is 0 Å². The van der Waals surface area contributed by atoms with E-state index in [0.717, 1.165) is 5.56 Å². The molecule has 9 heteroatoms. The van der Waals surface area contributed by atoms with E-state index >= 15 is 0 Å². The Bertz CT molecular complexity index is 783. The second-order valence-corrected chi connectivity index (χ2v) is 8.94. The molecule has 1 heterocycles. The third kappa shape index (κ3) is 6.52. The van der Waals surface area contributed by atoms with E-state index in [2.05, 4.69) is 0 Å². The topological polar surface area (TPSA) is 87.2 Å². The number of ketones is 1. The van der Waals surface area contributed by atoms with Crippen LogP contribution in [0.3, 0.4) is 0 Å². The minimum Gasteiger partial charge on any atom is -0.484 e. The fourth-order valence-electron chi connectivity index (χ4n) is 3.19. The standard InChI is InChI=1S/C20H31N3O5S/c1-4-22(5-2)29(26,27)23-14-12-21(13-15-23)20(25)16-28-19-10-8-18(9-11-19)7-6-17(3)24/h8-11H,4-7,12-16H2,1-3H3. The summed E-state index contributed by atoms with van der Waals surface area (Å²) in [5.74, 6) is 0.583. The van der Waals surface area contributed by atoms with Crippen LogP contribution in [0.2, 0.25) is 0 Å². The SMILES string of the molecule is CCN(CC)S(=O)(=O)N1CCN(C(=O)COc2ccc(CCC(C)=O)cc2)CC1. The Labute approximate surface area is 173 Å². The first-order chi connectivity index (χ1) is 13.8. The number of hydrogen-bond acceptors (Lipinski definition) is 5. The molecule has 1 fully saturated rings. The number of benzene rings is 1. The summed E-state index contributed by atoms with van der Waals surface area (Å²) >= 11 is 0. The molecule has 0 N–H and O–H groups in total. The van der Waals surface area contributed by atoms with Gasteiger partial charge in [-0.05, 0) is 31.0 Å². The van der Waals surface area contributed by atoms with Gasteiger partial charge in [0.15, 0.2) is 6.61 Å². The van der Waals surface area contributed by atoms with Crippen molar-refractivity contribution in [2.45, 2.75) is 33.6 Å². The number of nitrogens with zero attached hydrogens (tertiary/aromatic N) is 3. The van der Waals surface area contributed by atoms with E-state index in [9.17, 15) is 18.0 Å². The average Bonchev–Trinajstić information content (AvgIpc) is 2.72. The lowest BCUT2D eigenvalue weighted by Crippen LogP contribution is -2.54. The maximum absolute atomic E-state index is 12.6. The summed E-state index contributed by atoms with van der Waals surface area (Å²) < 4.78 is 33.5. The minimum atomic E-state index is -3.47. The highest BCUT2D eigenvalue weighted by molar-refractivity contribution is 7.86. The molecule has 0 aliphatic carbocycles. The fraction of sp³-hybridized carbons (Fsp3) is 0.600. The molecule has 1 aromatic carbocycles. The van der Waals surface area contributed by atoms with Crippen LogP contribution in [0.1, 0.15) is 32.8 Å². The van der Waals surface area contributed by atoms with Gasteiger partial charge in [0.25, 0.3) is 16.1 Å². The van der Waals surface area contributed by atoms with E-state index in [-0.39, 0.29) is 31.4 Å². The third-order valence-electron chi connectivity index (χ3n) is 5.00. The molecule has 8 nitrogen and oxygen atoms in total. The van der Waals surface area contributed by atoms with Gasteiger partial charge in [-0.3, -0.25) is 4.79 Å². The van der Waals surface area contributed by atoms with Crippen LogP contribution in [-0.4, -0.2) is 79.5 Å². The number of piperazine rings is 1. The van der Waals surface area contributed by atoms with Gasteiger partial charge in [0.1, 0.15) is 11.5 Å². The number of carbonyl (C=O) groups excluding carboxylic acids is 2. The first-order valence-electron chi connectivity index (χ1n) is 10.0. The quantitative estimate of drug-likeness (QED) is 0.564. The summed E-state index contributed by atoms with van der Waals surface area (Å²) in [6.45, 7) is 7.25. The molecule has 0 radical (unpaired) electrons. The van der Waals surface area contributed by atoms with E-state index in [1.54, 1.807) is 24.0 Å². The largest absolute Gasteiger partial charge is 0.484 e. The predicted molar refractivity (Wildman–Crippen MR) is 111 cm³/mol. The molecule has 0 aromatic heterocycles. The van der Waals surface area contributed by atoms with Crippen LogP contribution in [0, 0.1) is 0 Å². The van der Waals surface area contributed by atoms with Crippen LogP contribution in [0.25, 0.3) is 0 Å². The molecule has 1 amide bonds. The van der Waals surface area contributed by atoms with Gasteiger partial charge in [-0.2, -0.15) is 17.0 Å². The Kier molecular flexibility index (Phi) is 8.60. The van der Waals surface area contributed by atoms with Gasteiger partial charge in [-0.1, -0.05) is 26.0 Å². The molecule has 1 saturated heterocycles. The normalized spacial score (nSPS) is 15.5. The number of hydrogen-bond donors (Lipinski definition) is 0. The highest BCUT2D eigenvalue weighted by Gasteiger charge is 2.32. The van der Waals surface area contributed by atoms with Crippen molar-refractivity contribution in [3.05, 3.63) is 29.8 Å². The second-order valence-electron chi connectivity index (χ2n) is 7.01. The monoisotopic (exact) mass is 425 g/mol. The van der Waals surface area contributed by atoms with Crippen molar-refractivity contribution in [1.29, 1.82) is 0 Å². The predicted octanol–water partition coefficient (Wildman–Crippen LogP) is 1.32. The van der Waals surface area contributed by atoms with Crippen molar-refractivity contribution in [3.63, 3.8) is 0 Å². The molecular weight excluding hydrogens is 394 g/mol. The van der Waals surface area contributed by atoms with E-state index in [0.29, 0.717) is 44.8 Å². The molecule has 0 bridgehead atoms. The van der Waals surface area contributed by atoms with Gasteiger partial charge < -0.3 is 14.4 Å². The van der Waals surface area contributed by atoms with Gasteiger partial charge in [-0.15, -0.1) is 0 Å². The van der Waals surface area contributed by atoms with Crippen molar-refractivity contribution < 1.29 is 22.7 Å². The average molecular weight is 426 g/mol. The molecule has 0 atom stereocenters. The number of rotatable bonds is 10. The van der Waals surface area contributed by atoms with Crippen molar-refractivity contribution in [3.8, 4) is 5.75 Å². The first-order valence-corrected chi connectivity index (χ1v) is 11.4. The zero-order chi connectivity index (χ0) is 21.4. The lowest BCUT2D eigenvalue weighted by Gasteiger charge is -2.36. The Morgan fingerprint density at radius 1 is 1.03 bits per heavy atom. The van der Waals surface area contributed by atoms with Gasteiger partial charge in [0, 0.05) is 45.7 Å². The number of carbonyl (C=O) groups is 2. The van der Waals surface area contributed by atoms with Crippen LogP contribution >= 0.6 is 0 Å². The Hall–Kier alpha value is -1.97. The summed E-state index contributed by atoms with van der Waals surface area (Å²) in [5, 5.41) is 0. The van der Waals surface area contributed by atoms with Crippen LogP contribution in [0.5, 0.6) is 5.75 Å². The molecule has 0 unspecified atom stereocenters. The fourth-order valence-corrected chi connectivity index (χ4v) is 4.79. The minimum absolute atomic E-state index is 0.0877. The van der Waals surface area contributed by atoms with Crippen molar-refractivity contribution >= 4 is 21.9 Å². The zero-order valence-corrected chi connectivity index (χ0v) is 18.3. The third-order valence-corrected chi connectivity index (χ3v) is 7.19. The van der Waals surface area contributed by atoms with Crippen molar-refractivity contribution in [1.82, 2.24) is 13.5 Å². The first kappa shape index (κ1) is 23.3. The van der Waals surface area contributed by atoms with Crippen LogP contribution in [0.4, 0.5) is 0 Å². The van der Waals surface area contributed by atoms with Gasteiger partial charge in [0.05, 0.1) is 0 Å². The highest BCUT2D eigenvalue weighted by atomic mass is 32.2. The van der Waals surface area contributed by atoms with E-state index in [4.69, 9.17) is 4.74 Å². The zero-order valence-electron chi connectivity index (χ0n) is 17.5. The highest BCUT2D eigenvalue weighted by Crippen LogP contribution is 2.15. The Balaban J connectivity index is 1.80. The van der Waals surface area contributed by atoms with Crippen LogP contribution in [0.15, 0.2) is 24.3 Å². The van der Waals surface area contributed by atoms with Crippen LogP contribution in [-0.2, 0) is 26.2 Å². The number of Topliss-reactive ketones (excluding diaryl/α,β-unsaturated/α-hetero) is 1. The number of amides is 1. The maximum atomic E-state index is 12.6. The molecule has 162 valence electrons. The Morgan fingerprint density at radius 2 is 1.62 bits per heavy atom. The van der Waals surface area contributed by atoms with E-state index in [1.807, 2.05) is 26.0 Å². The molecule has 0 spiro atoms. The van der Waals surface area contributed by atoms with E-state index < -0.39 is 10.2 Å². The van der Waals surface area contributed by atoms with Crippen LogP contribution < -0.4 is 4.74 Å². The summed E-state index contributed by atoms with van der Waals surface area (Å²) in [7, 11) is -3.47. The summed E-state index contributed by atoms with van der Waals surface area (Å²) in [5.41, 5.74) is 1.05. The van der Waals surface area contributed by atoms with Gasteiger partial charge in [-0.25, -0.2) is 0 Å².